The van der Waals surface area contributed by atoms with Crippen molar-refractivity contribution >= 4 is 11.0 Å². The van der Waals surface area contributed by atoms with Crippen LogP contribution in [-0.2, 0) is 6.54 Å². The second-order valence-corrected chi connectivity index (χ2v) is 7.59. The molecule has 1 aliphatic rings. The number of phenolic OH excluding ortho intramolecular Hbond substituents is 4. The monoisotopic (exact) mass is 397 g/mol. The van der Waals surface area contributed by atoms with Gasteiger partial charge in [0.05, 0.1) is 5.56 Å². The van der Waals surface area contributed by atoms with Gasteiger partial charge in [-0.05, 0) is 44.5 Å². The molecule has 0 radical (unpaired) electrons. The molecule has 0 saturated carbocycles. The molecule has 7 heteroatoms. The molecule has 29 heavy (non-hydrogen) atoms. The van der Waals surface area contributed by atoms with E-state index in [1.54, 1.807) is 0 Å². The van der Waals surface area contributed by atoms with E-state index in [2.05, 4.69) is 11.8 Å². The molecule has 1 atom stereocenters. The van der Waals surface area contributed by atoms with Crippen LogP contribution in [0, 0.1) is 0 Å². The van der Waals surface area contributed by atoms with Crippen LogP contribution in [0.3, 0.4) is 0 Å². The van der Waals surface area contributed by atoms with Crippen LogP contribution in [-0.4, -0.2) is 37.9 Å². The molecule has 2 heterocycles. The summed E-state index contributed by atoms with van der Waals surface area (Å²) in [7, 11) is 0. The molecule has 0 spiro atoms. The Labute approximate surface area is 167 Å². The van der Waals surface area contributed by atoms with Crippen LogP contribution in [0.5, 0.6) is 23.0 Å². The molecular weight excluding hydrogens is 374 g/mol. The molecule has 0 aliphatic carbocycles. The Morgan fingerprint density at radius 3 is 2.52 bits per heavy atom. The zero-order chi connectivity index (χ0) is 20.7. The highest BCUT2D eigenvalue weighted by molar-refractivity contribution is 5.89. The van der Waals surface area contributed by atoms with Crippen LogP contribution < -0.4 is 5.43 Å². The van der Waals surface area contributed by atoms with Crippen LogP contribution in [0.1, 0.15) is 31.7 Å². The van der Waals surface area contributed by atoms with Gasteiger partial charge in [-0.2, -0.15) is 0 Å². The van der Waals surface area contributed by atoms with E-state index in [0.717, 1.165) is 25.8 Å². The van der Waals surface area contributed by atoms with Gasteiger partial charge in [-0.3, -0.25) is 9.69 Å². The minimum atomic E-state index is -0.459. The molecule has 0 bridgehead atoms. The second kappa shape index (κ2) is 7.33. The average Bonchev–Trinajstić information content (AvgIpc) is 2.68. The highest BCUT2D eigenvalue weighted by atomic mass is 16.3. The first-order valence-electron chi connectivity index (χ1n) is 9.63. The third-order valence-corrected chi connectivity index (χ3v) is 5.62. The van der Waals surface area contributed by atoms with Crippen molar-refractivity contribution in [3.63, 3.8) is 0 Å². The Hall–Kier alpha value is -3.19. The van der Waals surface area contributed by atoms with Gasteiger partial charge in [-0.15, -0.1) is 0 Å². The van der Waals surface area contributed by atoms with E-state index < -0.39 is 5.43 Å². The summed E-state index contributed by atoms with van der Waals surface area (Å²) in [5.74, 6) is -0.947. The predicted molar refractivity (Wildman–Crippen MR) is 108 cm³/mol. The van der Waals surface area contributed by atoms with Crippen molar-refractivity contribution in [3.8, 4) is 34.3 Å². The van der Waals surface area contributed by atoms with Gasteiger partial charge in [0.15, 0.2) is 22.5 Å². The van der Waals surface area contributed by atoms with E-state index in [9.17, 15) is 25.2 Å². The predicted octanol–water partition coefficient (Wildman–Crippen LogP) is 3.66. The molecule has 3 aromatic rings. The summed E-state index contributed by atoms with van der Waals surface area (Å²) in [6.07, 6.45) is 3.27. The quantitative estimate of drug-likeness (QED) is 0.499. The maximum Gasteiger partial charge on any atom is 0.197 e. The first-order valence-corrected chi connectivity index (χ1v) is 9.63. The van der Waals surface area contributed by atoms with Gasteiger partial charge in [0.25, 0.3) is 0 Å². The minimum absolute atomic E-state index is 0.00853. The lowest BCUT2D eigenvalue weighted by molar-refractivity contribution is 0.151. The molecule has 1 aromatic heterocycles. The smallest absolute Gasteiger partial charge is 0.197 e. The fourth-order valence-electron chi connectivity index (χ4n) is 3.92. The summed E-state index contributed by atoms with van der Waals surface area (Å²) in [4.78, 5) is 15.0. The third kappa shape index (κ3) is 3.49. The van der Waals surface area contributed by atoms with Crippen molar-refractivity contribution in [1.29, 1.82) is 0 Å². The van der Waals surface area contributed by atoms with Gasteiger partial charge in [-0.1, -0.05) is 6.42 Å². The third-order valence-electron chi connectivity index (χ3n) is 5.62. The van der Waals surface area contributed by atoms with Crippen LogP contribution >= 0.6 is 0 Å². The van der Waals surface area contributed by atoms with E-state index in [-0.39, 0.29) is 39.7 Å². The van der Waals surface area contributed by atoms with Gasteiger partial charge in [0.2, 0.25) is 0 Å². The van der Waals surface area contributed by atoms with Crippen molar-refractivity contribution in [2.75, 3.05) is 6.54 Å². The zero-order valence-corrected chi connectivity index (χ0v) is 16.1. The van der Waals surface area contributed by atoms with Gasteiger partial charge < -0.3 is 24.8 Å². The summed E-state index contributed by atoms with van der Waals surface area (Å²) in [6.45, 7) is 3.38. The largest absolute Gasteiger partial charge is 0.507 e. The van der Waals surface area contributed by atoms with Crippen molar-refractivity contribution in [1.82, 2.24) is 4.90 Å². The normalized spacial score (nSPS) is 17.6. The number of likely N-dealkylation sites (tertiary alicyclic amines) is 1. The lowest BCUT2D eigenvalue weighted by Crippen LogP contribution is -2.36. The zero-order valence-electron chi connectivity index (χ0n) is 16.1. The molecule has 4 N–H and O–H groups in total. The van der Waals surface area contributed by atoms with Crippen molar-refractivity contribution < 1.29 is 24.8 Å². The standard InChI is InChI=1S/C22H23NO6/c1-12-4-2-3-7-23(12)11-14-16(25)9-18(27)21-19(28)10-20(29-22(14)21)13-5-6-15(24)17(26)8-13/h5-6,8-10,12,24-27H,2-4,7,11H2,1H3. The van der Waals surface area contributed by atoms with Gasteiger partial charge in [-0.25, -0.2) is 0 Å². The van der Waals surface area contributed by atoms with E-state index >= 15 is 0 Å². The van der Waals surface area contributed by atoms with E-state index in [4.69, 9.17) is 4.42 Å². The van der Waals surface area contributed by atoms with Crippen LogP contribution in [0.2, 0.25) is 0 Å². The number of rotatable bonds is 3. The summed E-state index contributed by atoms with van der Waals surface area (Å²) < 4.78 is 5.95. The molecule has 1 aliphatic heterocycles. The maximum absolute atomic E-state index is 12.7. The fourth-order valence-corrected chi connectivity index (χ4v) is 3.92. The Morgan fingerprint density at radius 2 is 1.79 bits per heavy atom. The van der Waals surface area contributed by atoms with Crippen molar-refractivity contribution in [2.45, 2.75) is 38.8 Å². The number of benzene rings is 2. The molecule has 152 valence electrons. The molecule has 1 saturated heterocycles. The molecule has 7 nitrogen and oxygen atoms in total. The minimum Gasteiger partial charge on any atom is -0.507 e. The highest BCUT2D eigenvalue weighted by Gasteiger charge is 2.24. The topological polar surface area (TPSA) is 114 Å². The molecule has 2 aromatic carbocycles. The van der Waals surface area contributed by atoms with Gasteiger partial charge in [0.1, 0.15) is 22.6 Å². The first-order chi connectivity index (χ1) is 13.8. The SMILES string of the molecule is CC1CCCCN1Cc1c(O)cc(O)c2c(=O)cc(-c3ccc(O)c(O)c3)oc12. The lowest BCUT2D eigenvalue weighted by Gasteiger charge is -2.33. The number of aromatic hydroxyl groups is 4. The molecule has 1 fully saturated rings. The highest BCUT2D eigenvalue weighted by Crippen LogP contribution is 2.37. The Balaban J connectivity index is 1.89. The number of hydrogen-bond acceptors (Lipinski definition) is 7. The van der Waals surface area contributed by atoms with Crippen molar-refractivity contribution in [3.05, 3.63) is 46.1 Å². The second-order valence-electron chi connectivity index (χ2n) is 7.59. The van der Waals surface area contributed by atoms with Crippen molar-refractivity contribution in [2.24, 2.45) is 0 Å². The number of phenols is 4. The number of fused-ring (bicyclic) bond motifs is 1. The number of piperidine rings is 1. The first kappa shape index (κ1) is 19.1. The van der Waals surface area contributed by atoms with Crippen LogP contribution in [0.25, 0.3) is 22.3 Å². The molecular formula is C22H23NO6. The lowest BCUT2D eigenvalue weighted by atomic mass is 10.0. The van der Waals surface area contributed by atoms with Crippen LogP contribution in [0.4, 0.5) is 0 Å². The molecule has 4 rings (SSSR count). The summed E-state index contributed by atoms with van der Waals surface area (Å²) in [6, 6.07) is 6.82. The van der Waals surface area contributed by atoms with E-state index in [1.807, 2.05) is 0 Å². The van der Waals surface area contributed by atoms with Gasteiger partial charge >= 0.3 is 0 Å². The number of nitrogens with zero attached hydrogens (tertiary/aromatic N) is 1. The van der Waals surface area contributed by atoms with E-state index in [0.29, 0.717) is 23.7 Å². The maximum atomic E-state index is 12.7. The van der Waals surface area contributed by atoms with Gasteiger partial charge in [0, 0.05) is 30.3 Å². The fraction of sp³-hybridized carbons (Fsp3) is 0.318. The Kier molecular flexibility index (Phi) is 4.84. The summed E-state index contributed by atoms with van der Waals surface area (Å²) in [5, 5.41) is 40.1. The van der Waals surface area contributed by atoms with E-state index in [1.165, 1.54) is 30.3 Å². The number of hydrogen-bond donors (Lipinski definition) is 4. The van der Waals surface area contributed by atoms with Crippen LogP contribution in [0.15, 0.2) is 39.5 Å². The summed E-state index contributed by atoms with van der Waals surface area (Å²) in [5.41, 5.74) is 0.488. The summed E-state index contributed by atoms with van der Waals surface area (Å²) >= 11 is 0. The molecule has 1 unspecified atom stereocenters. The molecule has 0 amide bonds. The Morgan fingerprint density at radius 1 is 1.00 bits per heavy atom. The average molecular weight is 397 g/mol. The Bertz CT molecular complexity index is 1140.